The van der Waals surface area contributed by atoms with Crippen LogP contribution >= 0.6 is 0 Å². The zero-order valence-electron chi connectivity index (χ0n) is 9.49. The van der Waals surface area contributed by atoms with Crippen LogP contribution in [-0.4, -0.2) is 35.6 Å². The molecule has 1 aromatic rings. The van der Waals surface area contributed by atoms with Gasteiger partial charge in [0.1, 0.15) is 12.1 Å². The Balaban J connectivity index is 2.35. The standard InChI is InChI=1S/C10H16N4O2/c1-3-16-10-6-9(13-7-14-10)12-5-4-11-8(2)15/h6-7H,3-5H2,1-2H3,(H,11,15)(H,12,13,14). The van der Waals surface area contributed by atoms with Crippen LogP contribution in [0.2, 0.25) is 0 Å². The van der Waals surface area contributed by atoms with E-state index in [0.29, 0.717) is 31.4 Å². The second-order valence-corrected chi connectivity index (χ2v) is 3.08. The van der Waals surface area contributed by atoms with Crippen molar-refractivity contribution in [1.82, 2.24) is 15.3 Å². The fourth-order valence-electron chi connectivity index (χ4n) is 1.09. The molecule has 0 aliphatic carbocycles. The number of rotatable bonds is 6. The summed E-state index contributed by atoms with van der Waals surface area (Å²) in [4.78, 5) is 18.6. The summed E-state index contributed by atoms with van der Waals surface area (Å²) in [5.41, 5.74) is 0. The highest BCUT2D eigenvalue weighted by molar-refractivity contribution is 5.72. The summed E-state index contributed by atoms with van der Waals surface area (Å²) >= 11 is 0. The Labute approximate surface area is 94.4 Å². The van der Waals surface area contributed by atoms with Crippen molar-refractivity contribution >= 4 is 11.7 Å². The van der Waals surface area contributed by atoms with Crippen molar-refractivity contribution in [3.05, 3.63) is 12.4 Å². The van der Waals surface area contributed by atoms with Crippen LogP contribution in [0.1, 0.15) is 13.8 Å². The maximum absolute atomic E-state index is 10.6. The van der Waals surface area contributed by atoms with Crippen molar-refractivity contribution in [2.75, 3.05) is 25.0 Å². The summed E-state index contributed by atoms with van der Waals surface area (Å²) < 4.78 is 5.23. The Morgan fingerprint density at radius 2 is 2.25 bits per heavy atom. The van der Waals surface area contributed by atoms with E-state index in [-0.39, 0.29) is 5.91 Å². The molecule has 2 N–H and O–H groups in total. The van der Waals surface area contributed by atoms with Gasteiger partial charge in [0.05, 0.1) is 6.61 Å². The number of hydrogen-bond acceptors (Lipinski definition) is 5. The smallest absolute Gasteiger partial charge is 0.218 e. The highest BCUT2D eigenvalue weighted by Gasteiger charge is 1.98. The van der Waals surface area contributed by atoms with E-state index in [9.17, 15) is 4.79 Å². The van der Waals surface area contributed by atoms with Gasteiger partial charge < -0.3 is 15.4 Å². The van der Waals surface area contributed by atoms with E-state index in [2.05, 4.69) is 20.6 Å². The van der Waals surface area contributed by atoms with Gasteiger partial charge in [0.25, 0.3) is 0 Å². The third kappa shape index (κ3) is 4.59. The van der Waals surface area contributed by atoms with Crippen molar-refractivity contribution in [2.45, 2.75) is 13.8 Å². The second kappa shape index (κ2) is 6.60. The van der Waals surface area contributed by atoms with Gasteiger partial charge in [-0.1, -0.05) is 0 Å². The van der Waals surface area contributed by atoms with E-state index < -0.39 is 0 Å². The van der Waals surface area contributed by atoms with Gasteiger partial charge in [-0.2, -0.15) is 0 Å². The van der Waals surface area contributed by atoms with E-state index in [1.807, 2.05) is 6.92 Å². The van der Waals surface area contributed by atoms with Gasteiger partial charge in [0.2, 0.25) is 11.8 Å². The van der Waals surface area contributed by atoms with Gasteiger partial charge in [-0.05, 0) is 6.92 Å². The normalized spacial score (nSPS) is 9.62. The molecule has 0 aromatic carbocycles. The van der Waals surface area contributed by atoms with E-state index >= 15 is 0 Å². The molecular formula is C10H16N4O2. The van der Waals surface area contributed by atoms with Crippen LogP contribution < -0.4 is 15.4 Å². The van der Waals surface area contributed by atoms with Crippen molar-refractivity contribution in [3.8, 4) is 5.88 Å². The first kappa shape index (κ1) is 12.2. The quantitative estimate of drug-likeness (QED) is 0.685. The fourth-order valence-corrected chi connectivity index (χ4v) is 1.09. The molecule has 1 rings (SSSR count). The van der Waals surface area contributed by atoms with Gasteiger partial charge >= 0.3 is 0 Å². The zero-order valence-corrected chi connectivity index (χ0v) is 9.49. The zero-order chi connectivity index (χ0) is 11.8. The molecule has 0 spiro atoms. The monoisotopic (exact) mass is 224 g/mol. The first-order valence-electron chi connectivity index (χ1n) is 5.15. The second-order valence-electron chi connectivity index (χ2n) is 3.08. The Hall–Kier alpha value is -1.85. The number of carbonyl (C=O) groups is 1. The Morgan fingerprint density at radius 1 is 1.44 bits per heavy atom. The third-order valence-electron chi connectivity index (χ3n) is 1.74. The minimum atomic E-state index is -0.0421. The molecule has 0 aliphatic heterocycles. The summed E-state index contributed by atoms with van der Waals surface area (Å²) in [6, 6.07) is 1.72. The Bertz CT molecular complexity index is 343. The van der Waals surface area contributed by atoms with Crippen LogP contribution in [-0.2, 0) is 4.79 Å². The molecule has 0 saturated carbocycles. The SMILES string of the molecule is CCOc1cc(NCCNC(C)=O)ncn1. The van der Waals surface area contributed by atoms with Gasteiger partial charge in [-0.25, -0.2) is 9.97 Å². The predicted octanol–water partition coefficient (Wildman–Crippen LogP) is 0.423. The van der Waals surface area contributed by atoms with Crippen molar-refractivity contribution < 1.29 is 9.53 Å². The van der Waals surface area contributed by atoms with Crippen molar-refractivity contribution in [1.29, 1.82) is 0 Å². The highest BCUT2D eigenvalue weighted by Crippen LogP contribution is 2.09. The lowest BCUT2D eigenvalue weighted by Gasteiger charge is -2.07. The Morgan fingerprint density at radius 3 is 2.94 bits per heavy atom. The molecule has 0 aliphatic rings. The maximum Gasteiger partial charge on any atom is 0.218 e. The molecule has 6 nitrogen and oxygen atoms in total. The molecule has 6 heteroatoms. The van der Waals surface area contributed by atoms with E-state index in [4.69, 9.17) is 4.74 Å². The minimum absolute atomic E-state index is 0.0421. The van der Waals surface area contributed by atoms with Crippen LogP contribution in [0.15, 0.2) is 12.4 Å². The average molecular weight is 224 g/mol. The Kier molecular flexibility index (Phi) is 5.04. The summed E-state index contributed by atoms with van der Waals surface area (Å²) in [5.74, 6) is 1.18. The summed E-state index contributed by atoms with van der Waals surface area (Å²) in [7, 11) is 0. The van der Waals surface area contributed by atoms with Crippen LogP contribution in [0.3, 0.4) is 0 Å². The van der Waals surface area contributed by atoms with Crippen LogP contribution in [0.4, 0.5) is 5.82 Å². The highest BCUT2D eigenvalue weighted by atomic mass is 16.5. The van der Waals surface area contributed by atoms with Crippen LogP contribution in [0.25, 0.3) is 0 Å². The molecule has 0 bridgehead atoms. The lowest BCUT2D eigenvalue weighted by molar-refractivity contribution is -0.118. The largest absolute Gasteiger partial charge is 0.478 e. The summed E-state index contributed by atoms with van der Waals surface area (Å²) in [6.45, 7) is 5.12. The summed E-state index contributed by atoms with van der Waals surface area (Å²) in [6.07, 6.45) is 1.44. The number of nitrogens with zero attached hydrogens (tertiary/aromatic N) is 2. The number of nitrogens with one attached hydrogen (secondary N) is 2. The molecule has 88 valence electrons. The maximum atomic E-state index is 10.6. The number of anilines is 1. The van der Waals surface area contributed by atoms with Crippen LogP contribution in [0, 0.1) is 0 Å². The first-order chi connectivity index (χ1) is 7.72. The molecule has 0 fully saturated rings. The van der Waals surface area contributed by atoms with E-state index in [1.54, 1.807) is 6.07 Å². The van der Waals surface area contributed by atoms with Gasteiger partial charge in [-0.15, -0.1) is 0 Å². The molecule has 0 atom stereocenters. The van der Waals surface area contributed by atoms with Gasteiger partial charge in [-0.3, -0.25) is 4.79 Å². The van der Waals surface area contributed by atoms with Gasteiger partial charge in [0.15, 0.2) is 0 Å². The summed E-state index contributed by atoms with van der Waals surface area (Å²) in [5, 5.41) is 5.73. The number of ether oxygens (including phenoxy) is 1. The van der Waals surface area contributed by atoms with E-state index in [1.165, 1.54) is 13.3 Å². The molecule has 0 unspecified atom stereocenters. The molecule has 1 heterocycles. The number of carbonyl (C=O) groups excluding carboxylic acids is 1. The topological polar surface area (TPSA) is 76.1 Å². The lowest BCUT2D eigenvalue weighted by atomic mass is 10.5. The number of amides is 1. The van der Waals surface area contributed by atoms with Crippen molar-refractivity contribution in [3.63, 3.8) is 0 Å². The lowest BCUT2D eigenvalue weighted by Crippen LogP contribution is -2.26. The van der Waals surface area contributed by atoms with Crippen molar-refractivity contribution in [2.24, 2.45) is 0 Å². The van der Waals surface area contributed by atoms with Crippen LogP contribution in [0.5, 0.6) is 5.88 Å². The molecule has 1 amide bonds. The average Bonchev–Trinajstić information content (AvgIpc) is 2.25. The van der Waals surface area contributed by atoms with E-state index in [0.717, 1.165) is 0 Å². The number of hydrogen-bond donors (Lipinski definition) is 2. The first-order valence-corrected chi connectivity index (χ1v) is 5.15. The molecule has 0 saturated heterocycles. The van der Waals surface area contributed by atoms with Gasteiger partial charge in [0, 0.05) is 26.1 Å². The predicted molar refractivity (Wildman–Crippen MR) is 60.4 cm³/mol. The molecule has 16 heavy (non-hydrogen) atoms. The third-order valence-corrected chi connectivity index (χ3v) is 1.74. The molecular weight excluding hydrogens is 208 g/mol. The number of aromatic nitrogens is 2. The molecule has 0 radical (unpaired) electrons. The molecule has 1 aromatic heterocycles. The fraction of sp³-hybridized carbons (Fsp3) is 0.500. The minimum Gasteiger partial charge on any atom is -0.478 e.